The van der Waals surface area contributed by atoms with Gasteiger partial charge in [0.25, 0.3) is 0 Å². The number of carbonyl (C=O) groups excluding carboxylic acids is 1. The molecule has 0 aromatic heterocycles. The molecule has 0 amide bonds. The fourth-order valence-corrected chi connectivity index (χ4v) is 3.16. The highest BCUT2D eigenvalue weighted by Crippen LogP contribution is 2.09. The van der Waals surface area contributed by atoms with E-state index >= 15 is 0 Å². The molecular weight excluding hydrogens is 200 g/mol. The summed E-state index contributed by atoms with van der Waals surface area (Å²) in [6.45, 7) is 6.04. The van der Waals surface area contributed by atoms with E-state index in [0.717, 1.165) is 0 Å². The van der Waals surface area contributed by atoms with Crippen LogP contribution in [0.4, 0.5) is 0 Å². The van der Waals surface area contributed by atoms with Crippen LogP contribution in [0.5, 0.6) is 0 Å². The van der Waals surface area contributed by atoms with Gasteiger partial charge in [-0.1, -0.05) is 6.08 Å². The molecule has 0 saturated heterocycles. The Morgan fingerprint density at radius 2 is 1.86 bits per heavy atom. The minimum absolute atomic E-state index is 0.230. The molecule has 0 saturated carbocycles. The lowest BCUT2D eigenvalue weighted by Crippen LogP contribution is -2.54. The molecule has 0 aliphatic carbocycles. The van der Waals surface area contributed by atoms with Crippen molar-refractivity contribution < 1.29 is 18.8 Å². The second-order valence-electron chi connectivity index (χ2n) is 2.64. The van der Waals surface area contributed by atoms with Gasteiger partial charge in [0.2, 0.25) is 0 Å². The van der Waals surface area contributed by atoms with Gasteiger partial charge in [0, 0.05) is 13.2 Å². The van der Waals surface area contributed by atoms with Crippen LogP contribution in [-0.2, 0) is 13.6 Å². The number of aliphatic hydroxyl groups excluding tert-OH is 1. The third-order valence-corrected chi connectivity index (χ3v) is 4.50. The van der Waals surface area contributed by atoms with Gasteiger partial charge in [0.15, 0.2) is 5.41 Å². The average Bonchev–Trinajstić information content (AvgIpc) is 2.17. The maximum atomic E-state index is 11.6. The highest BCUT2D eigenvalue weighted by molar-refractivity contribution is 6.98. The highest BCUT2D eigenvalue weighted by atomic mass is 28.4. The maximum Gasteiger partial charge on any atom is 0.441 e. The average molecular weight is 218 g/mol. The van der Waals surface area contributed by atoms with Crippen LogP contribution < -0.4 is 0 Å². The van der Waals surface area contributed by atoms with Crippen molar-refractivity contribution in [2.75, 3.05) is 19.4 Å². The Balaban J connectivity index is 4.71. The summed E-state index contributed by atoms with van der Waals surface area (Å²) in [7, 11) is -3.06. The Labute approximate surface area is 85.8 Å². The molecule has 0 aliphatic heterocycles. The zero-order valence-electron chi connectivity index (χ0n) is 8.95. The molecule has 1 N–H and O–H groups in total. The van der Waals surface area contributed by atoms with Gasteiger partial charge in [-0.25, -0.2) is 0 Å². The van der Waals surface area contributed by atoms with Gasteiger partial charge in [-0.3, -0.25) is 4.79 Å². The van der Waals surface area contributed by atoms with Crippen molar-refractivity contribution in [1.29, 1.82) is 0 Å². The number of carbonyl (C=O) groups is 1. The Bertz CT molecular complexity index is 197. The number of allylic oxidation sites excluding steroid dienone is 2. The monoisotopic (exact) mass is 218 g/mol. The third-order valence-electron chi connectivity index (χ3n) is 1.66. The molecule has 0 heterocycles. The number of aliphatic hydroxyl groups is 1. The quantitative estimate of drug-likeness (QED) is 0.505. The van der Waals surface area contributed by atoms with E-state index in [1.807, 2.05) is 0 Å². The first kappa shape index (κ1) is 13.5. The minimum atomic E-state index is -3.06. The first-order valence-corrected chi connectivity index (χ1v) is 6.75. The molecule has 82 valence electrons. The number of hydrogen-bond donors (Lipinski definition) is 1. The SMILES string of the molecule is CC=CC(=O)[Si](CO)(OCC)OCC. The predicted molar refractivity (Wildman–Crippen MR) is 55.9 cm³/mol. The summed E-state index contributed by atoms with van der Waals surface area (Å²) in [5.41, 5.74) is 0. The van der Waals surface area contributed by atoms with Crippen LogP contribution in [-0.4, -0.2) is 38.5 Å². The fraction of sp³-hybridized carbons (Fsp3) is 0.667. The summed E-state index contributed by atoms with van der Waals surface area (Å²) >= 11 is 0. The van der Waals surface area contributed by atoms with Crippen molar-refractivity contribution in [3.8, 4) is 0 Å². The van der Waals surface area contributed by atoms with Crippen molar-refractivity contribution in [2.24, 2.45) is 0 Å². The molecule has 0 atom stereocenters. The van der Waals surface area contributed by atoms with E-state index in [0.29, 0.717) is 13.2 Å². The lowest BCUT2D eigenvalue weighted by Gasteiger charge is -2.24. The van der Waals surface area contributed by atoms with Crippen LogP contribution in [0.3, 0.4) is 0 Å². The second kappa shape index (κ2) is 6.89. The molecule has 0 spiro atoms. The molecular formula is C9H18O4Si. The van der Waals surface area contributed by atoms with Gasteiger partial charge < -0.3 is 14.0 Å². The molecule has 0 bridgehead atoms. The Morgan fingerprint density at radius 3 is 2.14 bits per heavy atom. The standard InChI is InChI=1S/C9H18O4Si/c1-4-7-9(11)14(8-10,12-5-2)13-6-3/h4,7,10H,5-6,8H2,1-3H3. The summed E-state index contributed by atoms with van der Waals surface area (Å²) in [6, 6.07) is 0. The van der Waals surface area contributed by atoms with E-state index in [9.17, 15) is 9.90 Å². The lowest BCUT2D eigenvalue weighted by molar-refractivity contribution is -0.112. The summed E-state index contributed by atoms with van der Waals surface area (Å²) in [4.78, 5) is 11.6. The first-order chi connectivity index (χ1) is 6.66. The van der Waals surface area contributed by atoms with Gasteiger partial charge in [0.05, 0.1) is 6.23 Å². The summed E-state index contributed by atoms with van der Waals surface area (Å²) < 4.78 is 10.6. The van der Waals surface area contributed by atoms with Gasteiger partial charge >= 0.3 is 8.56 Å². The number of rotatable bonds is 7. The zero-order valence-corrected chi connectivity index (χ0v) is 9.95. The van der Waals surface area contributed by atoms with Crippen LogP contribution in [0.15, 0.2) is 12.2 Å². The zero-order chi connectivity index (χ0) is 11.0. The smallest absolute Gasteiger partial charge is 0.394 e. The van der Waals surface area contributed by atoms with Gasteiger partial charge in [-0.05, 0) is 26.8 Å². The topological polar surface area (TPSA) is 55.8 Å². The molecule has 0 unspecified atom stereocenters. The maximum absolute atomic E-state index is 11.6. The lowest BCUT2D eigenvalue weighted by atomic mass is 10.6. The van der Waals surface area contributed by atoms with E-state index in [4.69, 9.17) is 8.85 Å². The molecule has 0 aromatic carbocycles. The molecule has 0 aliphatic rings. The van der Waals surface area contributed by atoms with Gasteiger partial charge in [0.1, 0.15) is 0 Å². The second-order valence-corrected chi connectivity index (χ2v) is 5.53. The Hall–Kier alpha value is -0.493. The van der Waals surface area contributed by atoms with E-state index in [2.05, 4.69) is 0 Å². The largest absolute Gasteiger partial charge is 0.441 e. The van der Waals surface area contributed by atoms with Crippen LogP contribution in [0.1, 0.15) is 20.8 Å². The number of hydrogen-bond acceptors (Lipinski definition) is 4. The van der Waals surface area contributed by atoms with Crippen molar-refractivity contribution in [3.63, 3.8) is 0 Å². The van der Waals surface area contributed by atoms with Crippen molar-refractivity contribution in [2.45, 2.75) is 20.8 Å². The van der Waals surface area contributed by atoms with Gasteiger partial charge in [-0.2, -0.15) is 0 Å². The van der Waals surface area contributed by atoms with Gasteiger partial charge in [-0.15, -0.1) is 0 Å². The van der Waals surface area contributed by atoms with Crippen LogP contribution in [0, 0.1) is 0 Å². The Kier molecular flexibility index (Phi) is 6.64. The summed E-state index contributed by atoms with van der Waals surface area (Å²) in [6.07, 6.45) is 2.68. The van der Waals surface area contributed by atoms with Crippen molar-refractivity contribution >= 4 is 14.0 Å². The molecule has 0 radical (unpaired) electrons. The predicted octanol–water partition coefficient (Wildman–Crippen LogP) is 0.718. The van der Waals surface area contributed by atoms with Crippen molar-refractivity contribution in [3.05, 3.63) is 12.2 Å². The van der Waals surface area contributed by atoms with Crippen LogP contribution in [0.2, 0.25) is 0 Å². The summed E-state index contributed by atoms with van der Waals surface area (Å²) in [5.74, 6) is 0. The molecule has 0 rings (SSSR count). The third kappa shape index (κ3) is 3.34. The van der Waals surface area contributed by atoms with Crippen LogP contribution in [0.25, 0.3) is 0 Å². The van der Waals surface area contributed by atoms with E-state index in [1.165, 1.54) is 6.08 Å². The van der Waals surface area contributed by atoms with E-state index < -0.39 is 8.56 Å². The fourth-order valence-electron chi connectivity index (χ4n) is 1.10. The minimum Gasteiger partial charge on any atom is -0.394 e. The highest BCUT2D eigenvalue weighted by Gasteiger charge is 2.44. The van der Waals surface area contributed by atoms with E-state index in [1.54, 1.807) is 26.8 Å². The van der Waals surface area contributed by atoms with Crippen molar-refractivity contribution in [1.82, 2.24) is 0 Å². The van der Waals surface area contributed by atoms with E-state index in [-0.39, 0.29) is 11.6 Å². The molecule has 14 heavy (non-hydrogen) atoms. The normalized spacial score (nSPS) is 12.3. The summed E-state index contributed by atoms with van der Waals surface area (Å²) in [5, 5.41) is 8.96. The first-order valence-electron chi connectivity index (χ1n) is 4.72. The molecule has 5 heteroatoms. The molecule has 0 aromatic rings. The Morgan fingerprint density at radius 1 is 1.36 bits per heavy atom. The molecule has 4 nitrogen and oxygen atoms in total. The molecule has 0 fully saturated rings. The van der Waals surface area contributed by atoms with Crippen LogP contribution >= 0.6 is 0 Å².